The van der Waals surface area contributed by atoms with Crippen LogP contribution < -0.4 is 5.32 Å². The second-order valence-electron chi connectivity index (χ2n) is 5.13. The summed E-state index contributed by atoms with van der Waals surface area (Å²) in [6.07, 6.45) is 10.9. The molecule has 1 saturated carbocycles. The fraction of sp³-hybridized carbons (Fsp3) is 0.786. The maximum absolute atomic E-state index is 4.62. The van der Waals surface area contributed by atoms with Crippen LogP contribution in [0.25, 0.3) is 0 Å². The number of hydrogen-bond donors (Lipinski definition) is 1. The van der Waals surface area contributed by atoms with Crippen LogP contribution in [0.15, 0.2) is 12.4 Å². The lowest BCUT2D eigenvalue weighted by atomic mass is 9.87. The maximum atomic E-state index is 4.62. The van der Waals surface area contributed by atoms with Crippen LogP contribution in [0, 0.1) is 5.92 Å². The van der Waals surface area contributed by atoms with Crippen molar-refractivity contribution < 1.29 is 0 Å². The highest BCUT2D eigenvalue weighted by Gasteiger charge is 2.27. The Labute approximate surface area is 105 Å². The molecule has 0 bridgehead atoms. The number of hydrogen-bond acceptors (Lipinski definition) is 2. The van der Waals surface area contributed by atoms with Crippen molar-refractivity contribution >= 4 is 0 Å². The lowest BCUT2D eigenvalue weighted by molar-refractivity contribution is 0.364. The molecule has 1 aliphatic carbocycles. The van der Waals surface area contributed by atoms with Gasteiger partial charge in [0, 0.05) is 24.9 Å². The molecule has 2 atom stereocenters. The van der Waals surface area contributed by atoms with E-state index in [9.17, 15) is 0 Å². The van der Waals surface area contributed by atoms with Gasteiger partial charge in [-0.05, 0) is 39.3 Å². The molecule has 0 radical (unpaired) electrons. The highest BCUT2D eigenvalue weighted by atomic mass is 15.1. The van der Waals surface area contributed by atoms with Gasteiger partial charge in [0.1, 0.15) is 5.82 Å². The van der Waals surface area contributed by atoms with Crippen molar-refractivity contribution in [2.75, 3.05) is 13.6 Å². The Bertz CT molecular complexity index is 332. The fourth-order valence-corrected chi connectivity index (χ4v) is 3.15. The van der Waals surface area contributed by atoms with Gasteiger partial charge in [-0.3, -0.25) is 0 Å². The van der Waals surface area contributed by atoms with Gasteiger partial charge in [0.2, 0.25) is 0 Å². The molecule has 0 aliphatic heterocycles. The van der Waals surface area contributed by atoms with E-state index in [2.05, 4.69) is 35.0 Å². The second-order valence-corrected chi connectivity index (χ2v) is 5.13. The first kappa shape index (κ1) is 12.6. The molecule has 96 valence electrons. The number of aromatic nitrogens is 2. The van der Waals surface area contributed by atoms with Crippen LogP contribution in [0.5, 0.6) is 0 Å². The van der Waals surface area contributed by atoms with Gasteiger partial charge in [-0.25, -0.2) is 4.98 Å². The van der Waals surface area contributed by atoms with Gasteiger partial charge < -0.3 is 9.88 Å². The molecule has 17 heavy (non-hydrogen) atoms. The normalized spacial score (nSPS) is 25.8. The predicted octanol–water partition coefficient (Wildman–Crippen LogP) is 2.79. The lowest BCUT2D eigenvalue weighted by Crippen LogP contribution is -2.26. The molecule has 3 nitrogen and oxygen atoms in total. The average Bonchev–Trinajstić information content (AvgIpc) is 2.70. The molecule has 3 heteroatoms. The Morgan fingerprint density at radius 1 is 1.35 bits per heavy atom. The molecule has 0 spiro atoms. The Balaban J connectivity index is 2.19. The number of aryl methyl sites for hydroxylation is 1. The van der Waals surface area contributed by atoms with Crippen molar-refractivity contribution in [2.45, 2.75) is 51.5 Å². The first-order valence-electron chi connectivity index (χ1n) is 7.02. The summed E-state index contributed by atoms with van der Waals surface area (Å²) in [6.45, 7) is 4.37. The van der Waals surface area contributed by atoms with Gasteiger partial charge in [-0.1, -0.05) is 19.3 Å². The quantitative estimate of drug-likeness (QED) is 0.813. The number of nitrogens with zero attached hydrogens (tertiary/aromatic N) is 2. The van der Waals surface area contributed by atoms with E-state index < -0.39 is 0 Å². The molecule has 2 rings (SSSR count). The summed E-state index contributed by atoms with van der Waals surface area (Å²) in [6, 6.07) is 0. The summed E-state index contributed by atoms with van der Waals surface area (Å²) < 4.78 is 2.32. The molecule has 1 aromatic heterocycles. The van der Waals surface area contributed by atoms with E-state index >= 15 is 0 Å². The van der Waals surface area contributed by atoms with Crippen molar-refractivity contribution in [1.82, 2.24) is 14.9 Å². The van der Waals surface area contributed by atoms with Crippen LogP contribution in [-0.4, -0.2) is 23.1 Å². The Morgan fingerprint density at radius 3 is 2.94 bits per heavy atom. The van der Waals surface area contributed by atoms with Crippen LogP contribution in [0.2, 0.25) is 0 Å². The maximum Gasteiger partial charge on any atom is 0.112 e. The van der Waals surface area contributed by atoms with Gasteiger partial charge in [0.05, 0.1) is 0 Å². The molecular weight excluding hydrogens is 210 g/mol. The third-order valence-electron chi connectivity index (χ3n) is 4.05. The predicted molar refractivity (Wildman–Crippen MR) is 71.1 cm³/mol. The Hall–Kier alpha value is -0.830. The summed E-state index contributed by atoms with van der Waals surface area (Å²) in [5, 5.41) is 3.36. The van der Waals surface area contributed by atoms with Crippen molar-refractivity contribution in [1.29, 1.82) is 0 Å². The number of imidazole rings is 1. The number of rotatable bonds is 4. The monoisotopic (exact) mass is 235 g/mol. The first-order valence-corrected chi connectivity index (χ1v) is 7.02. The summed E-state index contributed by atoms with van der Waals surface area (Å²) in [5.41, 5.74) is 0. The minimum Gasteiger partial charge on any atom is -0.335 e. The van der Waals surface area contributed by atoms with Gasteiger partial charge in [-0.2, -0.15) is 0 Å². The fourth-order valence-electron chi connectivity index (χ4n) is 3.15. The zero-order valence-electron chi connectivity index (χ0n) is 11.2. The van der Waals surface area contributed by atoms with E-state index in [0.29, 0.717) is 5.92 Å². The van der Waals surface area contributed by atoms with Crippen LogP contribution >= 0.6 is 0 Å². The molecule has 1 fully saturated rings. The largest absolute Gasteiger partial charge is 0.335 e. The minimum absolute atomic E-state index is 0.653. The minimum atomic E-state index is 0.653. The van der Waals surface area contributed by atoms with E-state index in [1.54, 1.807) is 0 Å². The second kappa shape index (κ2) is 6.20. The first-order chi connectivity index (χ1) is 8.36. The van der Waals surface area contributed by atoms with Crippen LogP contribution in [-0.2, 0) is 6.54 Å². The van der Waals surface area contributed by atoms with Gasteiger partial charge in [-0.15, -0.1) is 0 Å². The smallest absolute Gasteiger partial charge is 0.112 e. The third kappa shape index (κ3) is 2.89. The summed E-state index contributed by atoms with van der Waals surface area (Å²) in [4.78, 5) is 4.62. The van der Waals surface area contributed by atoms with E-state index in [-0.39, 0.29) is 0 Å². The molecule has 0 saturated heterocycles. The molecule has 1 heterocycles. The van der Waals surface area contributed by atoms with E-state index in [4.69, 9.17) is 0 Å². The molecule has 0 aromatic carbocycles. The van der Waals surface area contributed by atoms with E-state index in [1.165, 1.54) is 37.9 Å². The highest BCUT2D eigenvalue weighted by Crippen LogP contribution is 2.35. The molecular formula is C14H25N3. The number of nitrogens with one attached hydrogen (secondary N) is 1. The van der Waals surface area contributed by atoms with Crippen LogP contribution in [0.3, 0.4) is 0 Å². The molecule has 1 aliphatic rings. The molecule has 2 unspecified atom stereocenters. The van der Waals surface area contributed by atoms with Crippen molar-refractivity contribution in [3.8, 4) is 0 Å². The lowest BCUT2D eigenvalue weighted by Gasteiger charge is -2.25. The van der Waals surface area contributed by atoms with Gasteiger partial charge >= 0.3 is 0 Å². The molecule has 1 N–H and O–H groups in total. The molecule has 1 aromatic rings. The van der Waals surface area contributed by atoms with Gasteiger partial charge in [0.25, 0.3) is 0 Å². The average molecular weight is 235 g/mol. The van der Waals surface area contributed by atoms with Crippen molar-refractivity contribution in [2.24, 2.45) is 5.92 Å². The Morgan fingerprint density at radius 2 is 2.18 bits per heavy atom. The van der Waals surface area contributed by atoms with Crippen molar-refractivity contribution in [3.05, 3.63) is 18.2 Å². The summed E-state index contributed by atoms with van der Waals surface area (Å²) in [7, 11) is 2.06. The van der Waals surface area contributed by atoms with E-state index in [1.807, 2.05) is 6.20 Å². The van der Waals surface area contributed by atoms with Crippen molar-refractivity contribution in [3.63, 3.8) is 0 Å². The van der Waals surface area contributed by atoms with Gasteiger partial charge in [0.15, 0.2) is 0 Å². The SMILES string of the molecule is CCn1ccnc1C1CCCCCC1CNC. The van der Waals surface area contributed by atoms with Crippen LogP contribution in [0.1, 0.15) is 50.8 Å². The van der Waals surface area contributed by atoms with E-state index in [0.717, 1.165) is 19.0 Å². The van der Waals surface area contributed by atoms with Crippen LogP contribution in [0.4, 0.5) is 0 Å². The topological polar surface area (TPSA) is 29.9 Å². The third-order valence-corrected chi connectivity index (χ3v) is 4.05. The highest BCUT2D eigenvalue weighted by molar-refractivity contribution is 5.04. The molecule has 0 amide bonds. The zero-order chi connectivity index (χ0) is 12.1. The summed E-state index contributed by atoms with van der Waals surface area (Å²) >= 11 is 0. The zero-order valence-corrected chi connectivity index (χ0v) is 11.2. The standard InChI is InChI=1S/C14H25N3/c1-3-17-10-9-16-14(17)13-8-6-4-5-7-12(13)11-15-2/h9-10,12-13,15H,3-8,11H2,1-2H3. The summed E-state index contributed by atoms with van der Waals surface area (Å²) in [5.74, 6) is 2.73. The Kier molecular flexibility index (Phi) is 4.60.